The number of fused-ring (bicyclic) bond motifs is 2. The third-order valence-electron chi connectivity index (χ3n) is 5.53. The average Bonchev–Trinajstić information content (AvgIpc) is 3.22. The number of rotatable bonds is 4. The Bertz CT molecular complexity index is 1190. The first-order valence-corrected chi connectivity index (χ1v) is 10.2. The zero-order valence-electron chi connectivity index (χ0n) is 17.3. The van der Waals surface area contributed by atoms with Crippen molar-refractivity contribution in [3.8, 4) is 17.0 Å². The van der Waals surface area contributed by atoms with Crippen LogP contribution in [0.1, 0.15) is 30.8 Å². The second-order valence-electron chi connectivity index (χ2n) is 7.96. The Morgan fingerprint density at radius 3 is 2.84 bits per heavy atom. The lowest BCUT2D eigenvalue weighted by Crippen LogP contribution is -2.38. The molecule has 0 spiro atoms. The first kappa shape index (κ1) is 19.5. The fourth-order valence-electron chi connectivity index (χ4n) is 4.01. The fourth-order valence-corrected chi connectivity index (χ4v) is 4.01. The maximum atomic E-state index is 14.8. The van der Waals surface area contributed by atoms with Crippen molar-refractivity contribution in [1.82, 2.24) is 9.97 Å². The minimum atomic E-state index is -0.595. The molecule has 0 fully saturated rings. The van der Waals surface area contributed by atoms with E-state index in [-0.39, 0.29) is 17.5 Å². The first-order valence-electron chi connectivity index (χ1n) is 10.2. The molecule has 2 aliphatic rings. The Morgan fingerprint density at radius 1 is 1.13 bits per heavy atom. The lowest BCUT2D eigenvalue weighted by atomic mass is 10.1. The van der Waals surface area contributed by atoms with Gasteiger partial charge in [0.05, 0.1) is 30.7 Å². The monoisotopic (exact) mass is 421 g/mol. The van der Waals surface area contributed by atoms with Crippen molar-refractivity contribution in [2.24, 2.45) is 10.2 Å². The minimum absolute atomic E-state index is 0.0761. The van der Waals surface area contributed by atoms with E-state index >= 15 is 0 Å². The zero-order valence-corrected chi connectivity index (χ0v) is 17.3. The number of azo groups is 1. The minimum Gasteiger partial charge on any atom is -0.486 e. The smallest absolute Gasteiger partial charge is 0.178 e. The second-order valence-corrected chi connectivity index (χ2v) is 7.96. The highest BCUT2D eigenvalue weighted by Gasteiger charge is 2.25. The van der Waals surface area contributed by atoms with Gasteiger partial charge in [-0.3, -0.25) is 0 Å². The summed E-state index contributed by atoms with van der Waals surface area (Å²) in [5.41, 5.74) is 3.95. The number of benzene rings is 2. The summed E-state index contributed by atoms with van der Waals surface area (Å²) < 4.78 is 35.0. The van der Waals surface area contributed by atoms with Crippen molar-refractivity contribution in [1.29, 1.82) is 0 Å². The zero-order chi connectivity index (χ0) is 21.5. The third kappa shape index (κ3) is 3.62. The molecule has 0 radical (unpaired) electrons. The molecule has 0 atom stereocenters. The van der Waals surface area contributed by atoms with Crippen LogP contribution in [0.25, 0.3) is 11.3 Å². The second kappa shape index (κ2) is 7.68. The van der Waals surface area contributed by atoms with E-state index in [0.29, 0.717) is 43.2 Å². The molecule has 0 saturated carbocycles. The molecule has 3 aromatic rings. The molecule has 6 nitrogen and oxygen atoms in total. The van der Waals surface area contributed by atoms with Crippen molar-refractivity contribution in [3.05, 3.63) is 65.1 Å². The number of ether oxygens (including phenoxy) is 1. The Labute approximate surface area is 178 Å². The summed E-state index contributed by atoms with van der Waals surface area (Å²) >= 11 is 0. The fraction of sp³-hybridized carbons (Fsp3) is 0.304. The number of hydrogen-bond donors (Lipinski definition) is 0. The Balaban J connectivity index is 1.51. The summed E-state index contributed by atoms with van der Waals surface area (Å²) in [6.45, 7) is 5.67. The van der Waals surface area contributed by atoms with Crippen LogP contribution < -0.4 is 9.64 Å². The number of anilines is 1. The third-order valence-corrected chi connectivity index (χ3v) is 5.53. The van der Waals surface area contributed by atoms with E-state index in [4.69, 9.17) is 4.74 Å². The number of halogens is 2. The van der Waals surface area contributed by atoms with Crippen LogP contribution in [0.4, 0.5) is 20.2 Å². The largest absolute Gasteiger partial charge is 0.486 e. The maximum absolute atomic E-state index is 14.8. The van der Waals surface area contributed by atoms with Crippen LogP contribution >= 0.6 is 0 Å². The summed E-state index contributed by atoms with van der Waals surface area (Å²) in [5, 5.41) is 8.09. The van der Waals surface area contributed by atoms with Gasteiger partial charge in [-0.1, -0.05) is 12.1 Å². The van der Waals surface area contributed by atoms with Crippen LogP contribution in [0, 0.1) is 11.6 Å². The highest BCUT2D eigenvalue weighted by molar-refractivity contribution is 5.72. The van der Waals surface area contributed by atoms with E-state index in [9.17, 15) is 8.78 Å². The van der Waals surface area contributed by atoms with E-state index < -0.39 is 11.6 Å². The lowest BCUT2D eigenvalue weighted by molar-refractivity contribution is 0.287. The topological polar surface area (TPSA) is 63.0 Å². The summed E-state index contributed by atoms with van der Waals surface area (Å²) in [4.78, 5) is 10.6. The molecule has 1 aromatic heterocycles. The Morgan fingerprint density at radius 2 is 2.00 bits per heavy atom. The normalized spacial score (nSPS) is 14.5. The van der Waals surface area contributed by atoms with Crippen molar-refractivity contribution < 1.29 is 13.5 Å². The molecule has 0 aliphatic carbocycles. The summed E-state index contributed by atoms with van der Waals surface area (Å²) in [6.07, 6.45) is 1.57. The van der Waals surface area contributed by atoms with Gasteiger partial charge in [-0.2, -0.15) is 10.2 Å². The quantitative estimate of drug-likeness (QED) is 0.580. The van der Waals surface area contributed by atoms with E-state index in [2.05, 4.69) is 20.2 Å². The van der Waals surface area contributed by atoms with E-state index in [1.54, 1.807) is 6.07 Å². The number of hydrogen-bond acceptors (Lipinski definition) is 6. The molecule has 2 aromatic carbocycles. The van der Waals surface area contributed by atoms with Gasteiger partial charge in [0, 0.05) is 23.6 Å². The molecular weight excluding hydrogens is 400 g/mol. The van der Waals surface area contributed by atoms with Gasteiger partial charge in [0.2, 0.25) is 0 Å². The van der Waals surface area contributed by atoms with Crippen molar-refractivity contribution in [3.63, 3.8) is 0 Å². The molecule has 0 saturated heterocycles. The van der Waals surface area contributed by atoms with Gasteiger partial charge in [0.25, 0.3) is 0 Å². The van der Waals surface area contributed by atoms with E-state index in [1.165, 1.54) is 6.07 Å². The molecule has 0 bridgehead atoms. The van der Waals surface area contributed by atoms with Crippen molar-refractivity contribution in [2.75, 3.05) is 18.1 Å². The number of aromatic nitrogens is 2. The van der Waals surface area contributed by atoms with Gasteiger partial charge in [0.1, 0.15) is 18.1 Å². The molecule has 8 heteroatoms. The van der Waals surface area contributed by atoms with Crippen LogP contribution in [-0.4, -0.2) is 29.2 Å². The van der Waals surface area contributed by atoms with Gasteiger partial charge in [-0.15, -0.1) is 0 Å². The van der Waals surface area contributed by atoms with E-state index in [0.717, 1.165) is 23.0 Å². The van der Waals surface area contributed by atoms with Gasteiger partial charge in [-0.05, 0) is 37.6 Å². The maximum Gasteiger partial charge on any atom is 0.178 e. The predicted octanol–water partition coefficient (Wildman–Crippen LogP) is 5.22. The highest BCUT2D eigenvalue weighted by atomic mass is 19.1. The van der Waals surface area contributed by atoms with Gasteiger partial charge in [0.15, 0.2) is 17.4 Å². The summed E-state index contributed by atoms with van der Waals surface area (Å²) in [5.74, 6) is -0.461. The predicted molar refractivity (Wildman–Crippen MR) is 113 cm³/mol. The lowest BCUT2D eigenvalue weighted by Gasteiger charge is -2.34. The molecular formula is C23H21F2N5O. The molecule has 0 amide bonds. The standard InChI is InChI=1S/C23H21F2N5O/c1-13(2)30-5-6-31-23-17(24)9-15(10-20(23)30)22-18(25)12-26-21(28-22)8-14-3-4-19-16(7-14)11-27-29-19/h3-4,7,9-10,12-13H,5-6,8,11H2,1-2H3. The van der Waals surface area contributed by atoms with Crippen LogP contribution in [0.5, 0.6) is 5.75 Å². The van der Waals surface area contributed by atoms with Crippen LogP contribution in [0.2, 0.25) is 0 Å². The van der Waals surface area contributed by atoms with Crippen LogP contribution in [-0.2, 0) is 13.0 Å². The molecule has 158 valence electrons. The number of nitrogens with zero attached hydrogens (tertiary/aromatic N) is 5. The highest BCUT2D eigenvalue weighted by Crippen LogP contribution is 2.39. The summed E-state index contributed by atoms with van der Waals surface area (Å²) in [6, 6.07) is 9.03. The molecule has 2 aliphatic heterocycles. The van der Waals surface area contributed by atoms with Gasteiger partial charge < -0.3 is 9.64 Å². The first-order chi connectivity index (χ1) is 15.0. The van der Waals surface area contributed by atoms with Crippen LogP contribution in [0.3, 0.4) is 0 Å². The summed E-state index contributed by atoms with van der Waals surface area (Å²) in [7, 11) is 0. The van der Waals surface area contributed by atoms with Crippen molar-refractivity contribution in [2.45, 2.75) is 32.9 Å². The average molecular weight is 421 g/mol. The van der Waals surface area contributed by atoms with Crippen molar-refractivity contribution >= 4 is 11.4 Å². The Hall–Kier alpha value is -3.42. The van der Waals surface area contributed by atoms with Gasteiger partial charge in [-0.25, -0.2) is 18.7 Å². The molecule has 0 N–H and O–H groups in total. The molecule has 5 rings (SSSR count). The molecule has 31 heavy (non-hydrogen) atoms. The SMILES string of the molecule is CC(C)N1CCOc2c(F)cc(-c3nc(Cc4ccc5c(c4)CN=N5)ncc3F)cc21. The molecule has 0 unspecified atom stereocenters. The van der Waals surface area contributed by atoms with E-state index in [1.807, 2.05) is 36.9 Å². The Kier molecular flexibility index (Phi) is 4.84. The van der Waals surface area contributed by atoms with Crippen LogP contribution in [0.15, 0.2) is 46.8 Å². The van der Waals surface area contributed by atoms with Gasteiger partial charge >= 0.3 is 0 Å². The molecule has 3 heterocycles.